The van der Waals surface area contributed by atoms with Crippen LogP contribution in [0.5, 0.6) is 0 Å². The zero-order valence-corrected chi connectivity index (χ0v) is 17.1. The van der Waals surface area contributed by atoms with Crippen molar-refractivity contribution in [3.05, 3.63) is 78.2 Å². The van der Waals surface area contributed by atoms with E-state index in [2.05, 4.69) is 29.2 Å². The van der Waals surface area contributed by atoms with E-state index in [1.54, 1.807) is 22.7 Å². The second-order valence-electron chi connectivity index (χ2n) is 7.71. The largest absolute Gasteiger partial charge is 0.348 e. The predicted molar refractivity (Wildman–Crippen MR) is 116 cm³/mol. The van der Waals surface area contributed by atoms with Crippen LogP contribution in [0.15, 0.2) is 66.7 Å². The molecule has 0 spiro atoms. The van der Waals surface area contributed by atoms with Gasteiger partial charge in [0.05, 0.1) is 11.4 Å². The van der Waals surface area contributed by atoms with Gasteiger partial charge in [-0.2, -0.15) is 5.10 Å². The number of halogens is 1. The summed E-state index contributed by atoms with van der Waals surface area (Å²) in [4.78, 5) is 17.8. The number of carbonyl (C=O) groups excluding carboxylic acids is 1. The summed E-state index contributed by atoms with van der Waals surface area (Å²) < 4.78 is 14.9. The van der Waals surface area contributed by atoms with E-state index in [-0.39, 0.29) is 17.8 Å². The second kappa shape index (κ2) is 8.06. The molecule has 0 aliphatic heterocycles. The molecule has 0 fully saturated rings. The van der Waals surface area contributed by atoms with Crippen LogP contribution in [0.4, 0.5) is 4.39 Å². The van der Waals surface area contributed by atoms with Gasteiger partial charge < -0.3 is 5.32 Å². The lowest BCUT2D eigenvalue weighted by Crippen LogP contribution is -2.37. The minimum Gasteiger partial charge on any atom is -0.348 e. The number of nitrogens with one attached hydrogen (secondary N) is 1. The Hall–Kier alpha value is -3.54. The van der Waals surface area contributed by atoms with Crippen molar-refractivity contribution in [3.8, 4) is 22.5 Å². The zero-order valence-electron chi connectivity index (χ0n) is 17.1. The number of carbonyl (C=O) groups is 1. The Labute approximate surface area is 174 Å². The van der Waals surface area contributed by atoms with Gasteiger partial charge in [0, 0.05) is 23.2 Å². The summed E-state index contributed by atoms with van der Waals surface area (Å²) >= 11 is 0. The first-order valence-electron chi connectivity index (χ1n) is 9.95. The molecular formula is C24H23FN4O. The molecule has 0 aliphatic rings. The van der Waals surface area contributed by atoms with Crippen LogP contribution in [0.1, 0.15) is 31.3 Å². The van der Waals surface area contributed by atoms with Gasteiger partial charge >= 0.3 is 0 Å². The first-order valence-corrected chi connectivity index (χ1v) is 9.95. The van der Waals surface area contributed by atoms with E-state index in [4.69, 9.17) is 0 Å². The van der Waals surface area contributed by atoms with Crippen molar-refractivity contribution in [1.82, 2.24) is 19.9 Å². The Kier molecular flexibility index (Phi) is 5.31. The van der Waals surface area contributed by atoms with E-state index in [0.717, 1.165) is 16.8 Å². The molecule has 0 aliphatic carbocycles. The van der Waals surface area contributed by atoms with Gasteiger partial charge in [-0.1, -0.05) is 44.2 Å². The van der Waals surface area contributed by atoms with Gasteiger partial charge in [-0.05, 0) is 43.2 Å². The minimum atomic E-state index is -0.320. The maximum Gasteiger partial charge on any atom is 0.270 e. The lowest BCUT2D eigenvalue weighted by molar-refractivity contribution is 0.0923. The number of nitrogens with zero attached hydrogens (tertiary/aromatic N) is 3. The van der Waals surface area contributed by atoms with Crippen molar-refractivity contribution in [2.75, 3.05) is 0 Å². The fraction of sp³-hybridized carbons (Fsp3) is 0.208. The zero-order chi connectivity index (χ0) is 21.3. The molecule has 0 saturated carbocycles. The van der Waals surface area contributed by atoms with Crippen molar-refractivity contribution in [3.63, 3.8) is 0 Å². The van der Waals surface area contributed by atoms with Crippen molar-refractivity contribution >= 4 is 11.6 Å². The van der Waals surface area contributed by atoms with Crippen LogP contribution in [-0.2, 0) is 0 Å². The topological polar surface area (TPSA) is 59.3 Å². The number of rotatable bonds is 5. The summed E-state index contributed by atoms with van der Waals surface area (Å²) in [5.74, 6) is -0.255. The summed E-state index contributed by atoms with van der Waals surface area (Å²) in [5, 5.41) is 7.68. The van der Waals surface area contributed by atoms with Gasteiger partial charge in [0.1, 0.15) is 11.5 Å². The Morgan fingerprint density at radius 1 is 0.933 bits per heavy atom. The smallest absolute Gasteiger partial charge is 0.270 e. The molecule has 1 N–H and O–H groups in total. The van der Waals surface area contributed by atoms with E-state index in [9.17, 15) is 9.18 Å². The van der Waals surface area contributed by atoms with Gasteiger partial charge in [0.15, 0.2) is 5.65 Å². The molecule has 0 saturated heterocycles. The van der Waals surface area contributed by atoms with Crippen LogP contribution < -0.4 is 5.32 Å². The first kappa shape index (κ1) is 19.8. The molecule has 2 aromatic heterocycles. The van der Waals surface area contributed by atoms with Gasteiger partial charge in [-0.25, -0.2) is 13.9 Å². The van der Waals surface area contributed by atoms with Crippen molar-refractivity contribution in [1.29, 1.82) is 0 Å². The molecule has 2 aromatic carbocycles. The molecule has 152 valence electrons. The quantitative estimate of drug-likeness (QED) is 0.512. The maximum absolute atomic E-state index is 13.4. The molecule has 1 amide bonds. The highest BCUT2D eigenvalue weighted by atomic mass is 19.1. The number of hydrogen-bond acceptors (Lipinski definition) is 3. The number of benzene rings is 2. The molecule has 2 heterocycles. The van der Waals surface area contributed by atoms with Crippen LogP contribution in [0, 0.1) is 11.7 Å². The lowest BCUT2D eigenvalue weighted by Gasteiger charge is -2.18. The highest BCUT2D eigenvalue weighted by Crippen LogP contribution is 2.24. The average molecular weight is 402 g/mol. The third-order valence-corrected chi connectivity index (χ3v) is 5.23. The molecule has 5 nitrogen and oxygen atoms in total. The van der Waals surface area contributed by atoms with Gasteiger partial charge in [-0.3, -0.25) is 4.79 Å². The molecule has 30 heavy (non-hydrogen) atoms. The molecule has 6 heteroatoms. The van der Waals surface area contributed by atoms with Crippen molar-refractivity contribution in [2.45, 2.75) is 26.8 Å². The molecule has 4 aromatic rings. The number of amides is 1. The fourth-order valence-electron chi connectivity index (χ4n) is 3.10. The Balaban J connectivity index is 1.86. The number of hydrogen-bond donors (Lipinski definition) is 1. The number of aromatic nitrogens is 3. The minimum absolute atomic E-state index is 0.000794. The summed E-state index contributed by atoms with van der Waals surface area (Å²) in [6.07, 6.45) is 0. The van der Waals surface area contributed by atoms with E-state index in [1.807, 2.05) is 43.3 Å². The first-order chi connectivity index (χ1) is 14.4. The second-order valence-corrected chi connectivity index (χ2v) is 7.71. The molecule has 0 radical (unpaired) electrons. The van der Waals surface area contributed by atoms with Crippen LogP contribution >= 0.6 is 0 Å². The van der Waals surface area contributed by atoms with Crippen LogP contribution in [0.2, 0.25) is 0 Å². The van der Waals surface area contributed by atoms with Gasteiger partial charge in [0.25, 0.3) is 5.91 Å². The molecule has 0 bridgehead atoms. The lowest BCUT2D eigenvalue weighted by atomic mass is 10.1. The summed E-state index contributed by atoms with van der Waals surface area (Å²) in [5.41, 5.74) is 3.92. The third-order valence-electron chi connectivity index (χ3n) is 5.23. The van der Waals surface area contributed by atoms with E-state index < -0.39 is 0 Å². The van der Waals surface area contributed by atoms with E-state index in [1.165, 1.54) is 12.1 Å². The van der Waals surface area contributed by atoms with Crippen LogP contribution in [0.3, 0.4) is 0 Å². The highest BCUT2D eigenvalue weighted by Gasteiger charge is 2.19. The van der Waals surface area contributed by atoms with Crippen LogP contribution in [-0.4, -0.2) is 26.5 Å². The molecule has 4 rings (SSSR count). The molecule has 0 unspecified atom stereocenters. The number of fused-ring (bicyclic) bond motifs is 1. The maximum atomic E-state index is 13.4. The highest BCUT2D eigenvalue weighted by molar-refractivity contribution is 5.94. The summed E-state index contributed by atoms with van der Waals surface area (Å²) in [6.45, 7) is 6.08. The molecular weight excluding hydrogens is 379 g/mol. The monoisotopic (exact) mass is 402 g/mol. The Morgan fingerprint density at radius 3 is 2.27 bits per heavy atom. The Bertz CT molecular complexity index is 1180. The Morgan fingerprint density at radius 2 is 1.60 bits per heavy atom. The summed E-state index contributed by atoms with van der Waals surface area (Å²) in [6, 6.07) is 19.4. The van der Waals surface area contributed by atoms with Gasteiger partial charge in [0.2, 0.25) is 0 Å². The van der Waals surface area contributed by atoms with Gasteiger partial charge in [-0.15, -0.1) is 0 Å². The van der Waals surface area contributed by atoms with Crippen LogP contribution in [0.25, 0.3) is 28.2 Å². The third kappa shape index (κ3) is 3.94. The predicted octanol–water partition coefficient (Wildman–Crippen LogP) is 4.98. The standard InChI is InChI=1S/C24H23FN4O/c1-15(2)16(3)26-24(30)22-13-20(18-9-11-19(25)12-10-18)27-23-14-21(28-29(22)23)17-7-5-4-6-8-17/h4-16H,1-3H3,(H,26,30)/t16-/m0/s1. The molecule has 1 atom stereocenters. The summed E-state index contributed by atoms with van der Waals surface area (Å²) in [7, 11) is 0. The van der Waals surface area contributed by atoms with E-state index in [0.29, 0.717) is 23.0 Å². The average Bonchev–Trinajstić information content (AvgIpc) is 3.18. The normalized spacial score (nSPS) is 12.3. The van der Waals surface area contributed by atoms with Crippen molar-refractivity contribution < 1.29 is 9.18 Å². The SMILES string of the molecule is CC(C)[C@H](C)NC(=O)c1cc(-c2ccc(F)cc2)nc2cc(-c3ccccc3)nn12. The van der Waals surface area contributed by atoms with Crippen molar-refractivity contribution in [2.24, 2.45) is 5.92 Å². The fourth-order valence-corrected chi connectivity index (χ4v) is 3.10. The van der Waals surface area contributed by atoms with E-state index >= 15 is 0 Å².